The number of anilines is 1. The maximum atomic E-state index is 9.08. The van der Waals surface area contributed by atoms with Crippen molar-refractivity contribution in [1.29, 1.82) is 0 Å². The van der Waals surface area contributed by atoms with Crippen LogP contribution in [0.4, 0.5) is 5.95 Å². The van der Waals surface area contributed by atoms with Crippen LogP contribution in [-0.4, -0.2) is 27.7 Å². The summed E-state index contributed by atoms with van der Waals surface area (Å²) in [6.45, 7) is 2.23. The third-order valence-electron chi connectivity index (χ3n) is 1.95. The molecule has 0 saturated carbocycles. The molecular formula is C10H13N3O. The first-order valence-electron chi connectivity index (χ1n) is 4.62. The van der Waals surface area contributed by atoms with E-state index in [9.17, 15) is 0 Å². The molecule has 3 N–H and O–H groups in total. The highest BCUT2D eigenvalue weighted by atomic mass is 16.3. The Morgan fingerprint density at radius 1 is 1.50 bits per heavy atom. The molecule has 1 aromatic heterocycles. The van der Waals surface area contributed by atoms with Gasteiger partial charge in [-0.2, -0.15) is 0 Å². The third kappa shape index (κ3) is 1.85. The molecule has 0 spiro atoms. The van der Waals surface area contributed by atoms with Gasteiger partial charge in [-0.05, 0) is 19.1 Å². The molecule has 0 radical (unpaired) electrons. The SMILES string of the molecule is CC(O)CNc1nc2ccccc2[nH]1. The number of aliphatic hydroxyl groups excluding tert-OH is 1. The number of aromatic amines is 1. The fourth-order valence-electron chi connectivity index (χ4n) is 1.28. The van der Waals surface area contributed by atoms with Crippen LogP contribution >= 0.6 is 0 Å². The molecule has 1 unspecified atom stereocenters. The van der Waals surface area contributed by atoms with Gasteiger partial charge in [0.15, 0.2) is 0 Å². The van der Waals surface area contributed by atoms with Crippen molar-refractivity contribution in [2.45, 2.75) is 13.0 Å². The Labute approximate surface area is 82.0 Å². The molecule has 0 bridgehead atoms. The number of rotatable bonds is 3. The molecule has 74 valence electrons. The number of imidazole rings is 1. The van der Waals surface area contributed by atoms with Crippen LogP contribution < -0.4 is 5.32 Å². The maximum absolute atomic E-state index is 9.08. The molecule has 1 atom stereocenters. The molecule has 2 aromatic rings. The van der Waals surface area contributed by atoms with Gasteiger partial charge in [0.2, 0.25) is 5.95 Å². The van der Waals surface area contributed by atoms with Crippen molar-refractivity contribution < 1.29 is 5.11 Å². The van der Waals surface area contributed by atoms with Crippen LogP contribution in [0.3, 0.4) is 0 Å². The fourth-order valence-corrected chi connectivity index (χ4v) is 1.28. The summed E-state index contributed by atoms with van der Waals surface area (Å²) < 4.78 is 0. The van der Waals surface area contributed by atoms with Crippen molar-refractivity contribution in [2.75, 3.05) is 11.9 Å². The van der Waals surface area contributed by atoms with E-state index in [0.29, 0.717) is 12.5 Å². The first-order chi connectivity index (χ1) is 6.75. The number of fused-ring (bicyclic) bond motifs is 1. The monoisotopic (exact) mass is 191 g/mol. The minimum atomic E-state index is -0.372. The summed E-state index contributed by atoms with van der Waals surface area (Å²) in [5.74, 6) is 0.701. The lowest BCUT2D eigenvalue weighted by molar-refractivity contribution is 0.208. The lowest BCUT2D eigenvalue weighted by atomic mass is 10.3. The van der Waals surface area contributed by atoms with Gasteiger partial charge in [-0.15, -0.1) is 0 Å². The minimum Gasteiger partial charge on any atom is -0.392 e. The second-order valence-corrected chi connectivity index (χ2v) is 3.33. The average molecular weight is 191 g/mol. The van der Waals surface area contributed by atoms with Crippen molar-refractivity contribution in [1.82, 2.24) is 9.97 Å². The highest BCUT2D eigenvalue weighted by molar-refractivity contribution is 5.77. The van der Waals surface area contributed by atoms with Gasteiger partial charge in [-0.1, -0.05) is 12.1 Å². The summed E-state index contributed by atoms with van der Waals surface area (Å²) in [5, 5.41) is 12.1. The number of aromatic nitrogens is 2. The van der Waals surface area contributed by atoms with E-state index >= 15 is 0 Å². The number of para-hydroxylation sites is 2. The van der Waals surface area contributed by atoms with Crippen molar-refractivity contribution in [3.05, 3.63) is 24.3 Å². The first kappa shape index (κ1) is 9.02. The van der Waals surface area contributed by atoms with Gasteiger partial charge in [0.25, 0.3) is 0 Å². The minimum absolute atomic E-state index is 0.372. The zero-order valence-corrected chi connectivity index (χ0v) is 7.99. The number of hydrogen-bond donors (Lipinski definition) is 3. The van der Waals surface area contributed by atoms with Crippen LogP contribution in [0, 0.1) is 0 Å². The van der Waals surface area contributed by atoms with Crippen LogP contribution in [-0.2, 0) is 0 Å². The Morgan fingerprint density at radius 3 is 3.00 bits per heavy atom. The topological polar surface area (TPSA) is 60.9 Å². The molecule has 14 heavy (non-hydrogen) atoms. The van der Waals surface area contributed by atoms with E-state index in [1.807, 2.05) is 24.3 Å². The van der Waals surface area contributed by atoms with Gasteiger partial charge < -0.3 is 15.4 Å². The van der Waals surface area contributed by atoms with E-state index in [1.54, 1.807) is 6.92 Å². The summed E-state index contributed by atoms with van der Waals surface area (Å²) >= 11 is 0. The highest BCUT2D eigenvalue weighted by Crippen LogP contribution is 2.12. The Kier molecular flexibility index (Phi) is 2.37. The molecule has 0 fully saturated rings. The number of nitrogens with one attached hydrogen (secondary N) is 2. The lowest BCUT2D eigenvalue weighted by Crippen LogP contribution is -2.15. The van der Waals surface area contributed by atoms with Crippen LogP contribution in [0.15, 0.2) is 24.3 Å². The average Bonchev–Trinajstić information content (AvgIpc) is 2.57. The van der Waals surface area contributed by atoms with Crippen molar-refractivity contribution >= 4 is 17.0 Å². The molecule has 4 nitrogen and oxygen atoms in total. The molecule has 4 heteroatoms. The van der Waals surface area contributed by atoms with Gasteiger partial charge in [-0.3, -0.25) is 0 Å². The second kappa shape index (κ2) is 3.67. The standard InChI is InChI=1S/C10H13N3O/c1-7(14)6-11-10-12-8-4-2-3-5-9(8)13-10/h2-5,7,14H,6H2,1H3,(H2,11,12,13). The largest absolute Gasteiger partial charge is 0.392 e. The lowest BCUT2D eigenvalue weighted by Gasteiger charge is -2.03. The van der Waals surface area contributed by atoms with Gasteiger partial charge in [0.1, 0.15) is 0 Å². The van der Waals surface area contributed by atoms with Gasteiger partial charge in [0.05, 0.1) is 17.1 Å². The first-order valence-corrected chi connectivity index (χ1v) is 4.62. The molecule has 1 heterocycles. The summed E-state index contributed by atoms with van der Waals surface area (Å²) in [5.41, 5.74) is 1.93. The smallest absolute Gasteiger partial charge is 0.201 e. The van der Waals surface area contributed by atoms with E-state index in [1.165, 1.54) is 0 Å². The van der Waals surface area contributed by atoms with Crippen LogP contribution in [0.1, 0.15) is 6.92 Å². The molecule has 0 aliphatic heterocycles. The Morgan fingerprint density at radius 2 is 2.29 bits per heavy atom. The number of aliphatic hydroxyl groups is 1. The van der Waals surface area contributed by atoms with E-state index in [2.05, 4.69) is 15.3 Å². The van der Waals surface area contributed by atoms with E-state index in [0.717, 1.165) is 11.0 Å². The number of hydrogen-bond acceptors (Lipinski definition) is 3. The highest BCUT2D eigenvalue weighted by Gasteiger charge is 2.01. The molecule has 0 amide bonds. The van der Waals surface area contributed by atoms with Crippen LogP contribution in [0.2, 0.25) is 0 Å². The summed E-state index contributed by atoms with van der Waals surface area (Å²) in [7, 11) is 0. The van der Waals surface area contributed by atoms with E-state index < -0.39 is 0 Å². The summed E-state index contributed by atoms with van der Waals surface area (Å²) in [6, 6.07) is 7.82. The zero-order valence-electron chi connectivity index (χ0n) is 7.99. The van der Waals surface area contributed by atoms with Crippen LogP contribution in [0.25, 0.3) is 11.0 Å². The van der Waals surface area contributed by atoms with E-state index in [-0.39, 0.29) is 6.10 Å². The molecule has 0 aliphatic carbocycles. The number of H-pyrrole nitrogens is 1. The zero-order chi connectivity index (χ0) is 9.97. The van der Waals surface area contributed by atoms with Crippen molar-refractivity contribution in [3.63, 3.8) is 0 Å². The van der Waals surface area contributed by atoms with Gasteiger partial charge in [0, 0.05) is 6.54 Å². The van der Waals surface area contributed by atoms with Gasteiger partial charge in [-0.25, -0.2) is 4.98 Å². The Hall–Kier alpha value is -1.55. The van der Waals surface area contributed by atoms with Crippen LogP contribution in [0.5, 0.6) is 0 Å². The predicted molar refractivity (Wildman–Crippen MR) is 56.3 cm³/mol. The number of nitrogens with zero attached hydrogens (tertiary/aromatic N) is 1. The fraction of sp³-hybridized carbons (Fsp3) is 0.300. The maximum Gasteiger partial charge on any atom is 0.201 e. The predicted octanol–water partition coefficient (Wildman–Crippen LogP) is 1.36. The molecule has 0 saturated heterocycles. The summed E-state index contributed by atoms with van der Waals surface area (Å²) in [4.78, 5) is 7.42. The molecule has 1 aromatic carbocycles. The molecule has 0 aliphatic rings. The Bertz CT molecular complexity index is 389. The molecular weight excluding hydrogens is 178 g/mol. The third-order valence-corrected chi connectivity index (χ3v) is 1.95. The van der Waals surface area contributed by atoms with Gasteiger partial charge >= 0.3 is 0 Å². The van der Waals surface area contributed by atoms with Crippen molar-refractivity contribution in [3.8, 4) is 0 Å². The Balaban J connectivity index is 2.19. The summed E-state index contributed by atoms with van der Waals surface area (Å²) in [6.07, 6.45) is -0.372. The van der Waals surface area contributed by atoms with E-state index in [4.69, 9.17) is 5.11 Å². The molecule has 2 rings (SSSR count). The number of benzene rings is 1. The van der Waals surface area contributed by atoms with Crippen molar-refractivity contribution in [2.24, 2.45) is 0 Å². The second-order valence-electron chi connectivity index (χ2n) is 3.33. The normalized spacial score (nSPS) is 13.0. The quantitative estimate of drug-likeness (QED) is 0.686.